The summed E-state index contributed by atoms with van der Waals surface area (Å²) >= 11 is 0. The minimum atomic E-state index is -0.369. The molecule has 1 saturated heterocycles. The predicted octanol–water partition coefficient (Wildman–Crippen LogP) is 3.08. The largest absolute Gasteiger partial charge is 0.352 e. The number of carbonyl (C=O) groups is 1. The molecule has 0 unspecified atom stereocenters. The van der Waals surface area contributed by atoms with Gasteiger partial charge in [0, 0.05) is 38.4 Å². The molecule has 1 aliphatic rings. The van der Waals surface area contributed by atoms with E-state index in [2.05, 4.69) is 39.3 Å². The molecule has 166 valence electrons. The van der Waals surface area contributed by atoms with Crippen LogP contribution in [-0.2, 0) is 0 Å². The Hall–Kier alpha value is -3.22. The van der Waals surface area contributed by atoms with Crippen LogP contribution in [0.1, 0.15) is 16.8 Å². The van der Waals surface area contributed by atoms with Crippen LogP contribution in [0.25, 0.3) is 22.4 Å². The number of aromatic amines is 1. The van der Waals surface area contributed by atoms with E-state index < -0.39 is 0 Å². The number of benzene rings is 2. The van der Waals surface area contributed by atoms with Crippen molar-refractivity contribution in [3.8, 4) is 22.4 Å². The third-order valence-corrected chi connectivity index (χ3v) is 5.99. The van der Waals surface area contributed by atoms with Crippen LogP contribution in [0.4, 0.5) is 0 Å². The molecule has 1 fully saturated rings. The van der Waals surface area contributed by atoms with Crippen LogP contribution in [0.3, 0.4) is 0 Å². The van der Waals surface area contributed by atoms with Gasteiger partial charge in [-0.05, 0) is 48.8 Å². The van der Waals surface area contributed by atoms with Crippen LogP contribution in [-0.4, -0.2) is 67.0 Å². The molecule has 0 aliphatic carbocycles. The Morgan fingerprint density at radius 3 is 2.22 bits per heavy atom. The average Bonchev–Trinajstić information content (AvgIpc) is 2.83. The summed E-state index contributed by atoms with van der Waals surface area (Å²) in [6.07, 6.45) is 0.874. The van der Waals surface area contributed by atoms with Gasteiger partial charge in [0.2, 0.25) is 0 Å². The number of piperazine rings is 1. The van der Waals surface area contributed by atoms with Gasteiger partial charge in [-0.2, -0.15) is 0 Å². The van der Waals surface area contributed by atoms with Crippen molar-refractivity contribution < 1.29 is 4.79 Å². The predicted molar refractivity (Wildman–Crippen MR) is 129 cm³/mol. The molecule has 1 amide bonds. The monoisotopic (exact) mass is 430 g/mol. The molecule has 2 heterocycles. The van der Waals surface area contributed by atoms with Crippen molar-refractivity contribution in [1.29, 1.82) is 0 Å². The number of carbonyl (C=O) groups excluding carboxylic acids is 1. The van der Waals surface area contributed by atoms with E-state index in [1.807, 2.05) is 42.5 Å². The second-order valence-corrected chi connectivity index (χ2v) is 8.31. The van der Waals surface area contributed by atoms with E-state index in [0.29, 0.717) is 12.2 Å². The molecule has 32 heavy (non-hydrogen) atoms. The molecule has 6 nitrogen and oxygen atoms in total. The van der Waals surface area contributed by atoms with Gasteiger partial charge in [0.05, 0.1) is 0 Å². The number of hydrogen-bond acceptors (Lipinski definition) is 4. The molecule has 0 spiro atoms. The Balaban J connectivity index is 1.32. The van der Waals surface area contributed by atoms with Crippen molar-refractivity contribution in [2.24, 2.45) is 0 Å². The third kappa shape index (κ3) is 5.52. The molecule has 0 radical (unpaired) electrons. The lowest BCUT2D eigenvalue weighted by molar-refractivity contribution is 0.0948. The molecule has 6 heteroatoms. The first-order valence-corrected chi connectivity index (χ1v) is 11.2. The fraction of sp³-hybridized carbons (Fsp3) is 0.308. The van der Waals surface area contributed by atoms with Gasteiger partial charge in [0.25, 0.3) is 11.5 Å². The fourth-order valence-electron chi connectivity index (χ4n) is 3.96. The summed E-state index contributed by atoms with van der Waals surface area (Å²) in [6, 6.07) is 21.6. The highest BCUT2D eigenvalue weighted by Crippen LogP contribution is 2.23. The van der Waals surface area contributed by atoms with Crippen LogP contribution >= 0.6 is 0 Å². The molecule has 2 aromatic carbocycles. The molecule has 4 rings (SSSR count). The molecule has 0 saturated carbocycles. The highest BCUT2D eigenvalue weighted by Gasteiger charge is 2.14. The van der Waals surface area contributed by atoms with Crippen LogP contribution < -0.4 is 10.9 Å². The summed E-state index contributed by atoms with van der Waals surface area (Å²) in [5, 5.41) is 2.88. The van der Waals surface area contributed by atoms with Gasteiger partial charge in [-0.3, -0.25) is 9.59 Å². The average molecular weight is 431 g/mol. The van der Waals surface area contributed by atoms with E-state index in [-0.39, 0.29) is 17.0 Å². The number of nitrogens with zero attached hydrogens (tertiary/aromatic N) is 2. The zero-order valence-corrected chi connectivity index (χ0v) is 18.5. The number of likely N-dealkylation sites (N-methyl/N-ethyl adjacent to an activating group) is 1. The SMILES string of the molecule is CN1CCN(CCCNC(=O)c2ccc(-c3ccc(-c4ccccc4)cc3)[nH]c2=O)CC1. The number of H-pyrrole nitrogens is 1. The number of rotatable bonds is 7. The Bertz CT molecular complexity index is 1080. The summed E-state index contributed by atoms with van der Waals surface area (Å²) in [5.41, 5.74) is 3.64. The summed E-state index contributed by atoms with van der Waals surface area (Å²) < 4.78 is 0. The van der Waals surface area contributed by atoms with Gasteiger partial charge in [-0.1, -0.05) is 54.6 Å². The fourth-order valence-corrected chi connectivity index (χ4v) is 3.96. The molecule has 0 bridgehead atoms. The lowest BCUT2D eigenvalue weighted by Crippen LogP contribution is -2.45. The lowest BCUT2D eigenvalue weighted by atomic mass is 10.0. The first kappa shape index (κ1) is 22.0. The standard InChI is InChI=1S/C26H30N4O2/c1-29-16-18-30(19-17-29)15-5-14-27-25(31)23-12-13-24(28-26(23)32)22-10-8-21(9-11-22)20-6-3-2-4-7-20/h2-4,6-13H,5,14-19H2,1H3,(H,27,31)(H,28,32). The molecular weight excluding hydrogens is 400 g/mol. The second kappa shape index (κ2) is 10.4. The number of pyridine rings is 1. The van der Waals surface area contributed by atoms with Crippen LogP contribution in [0.15, 0.2) is 71.5 Å². The van der Waals surface area contributed by atoms with Crippen molar-refractivity contribution in [3.05, 3.63) is 82.6 Å². The number of hydrogen-bond donors (Lipinski definition) is 2. The molecule has 0 atom stereocenters. The molecule has 2 N–H and O–H groups in total. The molecule has 1 aromatic heterocycles. The van der Waals surface area contributed by atoms with Gasteiger partial charge in [-0.15, -0.1) is 0 Å². The normalized spacial score (nSPS) is 14.9. The van der Waals surface area contributed by atoms with Gasteiger partial charge < -0.3 is 20.1 Å². The minimum absolute atomic E-state index is 0.147. The summed E-state index contributed by atoms with van der Waals surface area (Å²) in [5.74, 6) is -0.324. The van der Waals surface area contributed by atoms with E-state index in [1.54, 1.807) is 12.1 Å². The van der Waals surface area contributed by atoms with E-state index in [4.69, 9.17) is 0 Å². The van der Waals surface area contributed by atoms with E-state index in [0.717, 1.165) is 55.8 Å². The van der Waals surface area contributed by atoms with Crippen molar-refractivity contribution >= 4 is 5.91 Å². The number of aromatic nitrogens is 1. The maximum Gasteiger partial charge on any atom is 0.261 e. The number of amides is 1. The molecular formula is C26H30N4O2. The van der Waals surface area contributed by atoms with E-state index in [1.165, 1.54) is 0 Å². The quantitative estimate of drug-likeness (QED) is 0.566. The maximum absolute atomic E-state index is 12.5. The van der Waals surface area contributed by atoms with Crippen molar-refractivity contribution in [2.45, 2.75) is 6.42 Å². The van der Waals surface area contributed by atoms with Crippen LogP contribution in [0.5, 0.6) is 0 Å². The van der Waals surface area contributed by atoms with Crippen molar-refractivity contribution in [2.75, 3.05) is 46.3 Å². The van der Waals surface area contributed by atoms with Crippen LogP contribution in [0.2, 0.25) is 0 Å². The summed E-state index contributed by atoms with van der Waals surface area (Å²) in [7, 11) is 2.14. The van der Waals surface area contributed by atoms with E-state index >= 15 is 0 Å². The van der Waals surface area contributed by atoms with Crippen molar-refractivity contribution in [3.63, 3.8) is 0 Å². The van der Waals surface area contributed by atoms with Crippen LogP contribution in [0, 0.1) is 0 Å². The Kier molecular flexibility index (Phi) is 7.14. The molecule has 1 aliphatic heterocycles. The second-order valence-electron chi connectivity index (χ2n) is 8.31. The van der Waals surface area contributed by atoms with Gasteiger partial charge >= 0.3 is 0 Å². The highest BCUT2D eigenvalue weighted by atomic mass is 16.2. The Morgan fingerprint density at radius 1 is 0.875 bits per heavy atom. The Morgan fingerprint density at radius 2 is 1.53 bits per heavy atom. The number of nitrogens with one attached hydrogen (secondary N) is 2. The summed E-state index contributed by atoms with van der Waals surface area (Å²) in [6.45, 7) is 5.83. The topological polar surface area (TPSA) is 68.4 Å². The maximum atomic E-state index is 12.5. The van der Waals surface area contributed by atoms with Gasteiger partial charge in [0.15, 0.2) is 0 Å². The zero-order chi connectivity index (χ0) is 22.3. The van der Waals surface area contributed by atoms with Gasteiger partial charge in [-0.25, -0.2) is 0 Å². The lowest BCUT2D eigenvalue weighted by Gasteiger charge is -2.32. The first-order valence-electron chi connectivity index (χ1n) is 11.2. The smallest absolute Gasteiger partial charge is 0.261 e. The zero-order valence-electron chi connectivity index (χ0n) is 18.5. The molecule has 3 aromatic rings. The highest BCUT2D eigenvalue weighted by molar-refractivity contribution is 5.94. The third-order valence-electron chi connectivity index (χ3n) is 5.99. The van der Waals surface area contributed by atoms with Gasteiger partial charge in [0.1, 0.15) is 5.56 Å². The minimum Gasteiger partial charge on any atom is -0.352 e. The van der Waals surface area contributed by atoms with Crippen molar-refractivity contribution in [1.82, 2.24) is 20.1 Å². The summed E-state index contributed by atoms with van der Waals surface area (Å²) in [4.78, 5) is 32.6. The Labute approximate surface area is 188 Å². The first-order chi connectivity index (χ1) is 15.6. The van der Waals surface area contributed by atoms with E-state index in [9.17, 15) is 9.59 Å².